The number of methoxy groups -OCH3 is 1. The fourth-order valence-electron chi connectivity index (χ4n) is 3.35. The number of nitrogens with one attached hydrogen (secondary N) is 1. The Morgan fingerprint density at radius 2 is 1.85 bits per heavy atom. The van der Waals surface area contributed by atoms with Gasteiger partial charge >= 0.3 is 0 Å². The third-order valence-corrected chi connectivity index (χ3v) is 4.58. The summed E-state index contributed by atoms with van der Waals surface area (Å²) in [5.41, 5.74) is 1.39. The third-order valence-electron chi connectivity index (χ3n) is 4.58. The second kappa shape index (κ2) is 5.83. The van der Waals surface area contributed by atoms with Crippen molar-refractivity contribution in [3.05, 3.63) is 29.8 Å². The molecule has 20 heavy (non-hydrogen) atoms. The van der Waals surface area contributed by atoms with E-state index in [2.05, 4.69) is 22.3 Å². The molecule has 1 atom stereocenters. The van der Waals surface area contributed by atoms with Crippen LogP contribution >= 0.6 is 0 Å². The molecule has 108 valence electrons. The molecule has 2 aliphatic heterocycles. The summed E-state index contributed by atoms with van der Waals surface area (Å²) < 4.78 is 5.20. The predicted octanol–water partition coefficient (Wildman–Crippen LogP) is 1.76. The Morgan fingerprint density at radius 1 is 1.15 bits per heavy atom. The van der Waals surface area contributed by atoms with Crippen LogP contribution in [0.15, 0.2) is 24.3 Å². The van der Waals surface area contributed by atoms with Gasteiger partial charge in [-0.25, -0.2) is 0 Å². The highest BCUT2D eigenvalue weighted by molar-refractivity contribution is 5.83. The molecule has 4 nitrogen and oxygen atoms in total. The number of carbonyl (C=O) groups excluding carboxylic acids is 1. The van der Waals surface area contributed by atoms with Crippen LogP contribution in [0.2, 0.25) is 0 Å². The number of likely N-dealkylation sites (tertiary alicyclic amines) is 1. The lowest BCUT2D eigenvalue weighted by Gasteiger charge is -2.34. The Kier molecular flexibility index (Phi) is 3.92. The summed E-state index contributed by atoms with van der Waals surface area (Å²) in [6, 6.07) is 8.52. The van der Waals surface area contributed by atoms with Gasteiger partial charge in [0.1, 0.15) is 5.75 Å². The molecular weight excluding hydrogens is 252 g/mol. The van der Waals surface area contributed by atoms with Crippen molar-refractivity contribution in [2.24, 2.45) is 0 Å². The van der Waals surface area contributed by atoms with Gasteiger partial charge in [0.15, 0.2) is 0 Å². The smallest absolute Gasteiger partial charge is 0.237 e. The van der Waals surface area contributed by atoms with Crippen molar-refractivity contribution in [2.45, 2.75) is 31.2 Å². The molecule has 0 saturated carbocycles. The zero-order valence-corrected chi connectivity index (χ0v) is 12.0. The number of nitrogens with zero attached hydrogens (tertiary/aromatic N) is 1. The first kappa shape index (κ1) is 13.4. The van der Waals surface area contributed by atoms with Crippen LogP contribution in [0, 0.1) is 0 Å². The summed E-state index contributed by atoms with van der Waals surface area (Å²) in [5, 5.41) is 2.93. The van der Waals surface area contributed by atoms with E-state index < -0.39 is 0 Å². The highest BCUT2D eigenvalue weighted by atomic mass is 16.5. The number of piperidine rings is 1. The van der Waals surface area contributed by atoms with Gasteiger partial charge in [0.2, 0.25) is 5.91 Å². The highest BCUT2D eigenvalue weighted by Crippen LogP contribution is 2.30. The van der Waals surface area contributed by atoms with Gasteiger partial charge in [-0.2, -0.15) is 0 Å². The molecule has 2 heterocycles. The quantitative estimate of drug-likeness (QED) is 0.913. The van der Waals surface area contributed by atoms with Crippen molar-refractivity contribution in [2.75, 3.05) is 26.7 Å². The molecule has 2 fully saturated rings. The van der Waals surface area contributed by atoms with E-state index in [-0.39, 0.29) is 11.9 Å². The summed E-state index contributed by atoms with van der Waals surface area (Å²) in [6.45, 7) is 2.88. The number of carbonyl (C=O) groups is 1. The van der Waals surface area contributed by atoms with Crippen LogP contribution in [0.4, 0.5) is 0 Å². The summed E-state index contributed by atoms with van der Waals surface area (Å²) >= 11 is 0. The van der Waals surface area contributed by atoms with Crippen molar-refractivity contribution in [1.29, 1.82) is 0 Å². The largest absolute Gasteiger partial charge is 0.497 e. The highest BCUT2D eigenvalue weighted by Gasteiger charge is 2.32. The third kappa shape index (κ3) is 2.66. The number of hydrogen-bond donors (Lipinski definition) is 1. The number of benzene rings is 1. The molecule has 4 heteroatoms. The lowest BCUT2D eigenvalue weighted by Crippen LogP contribution is -2.44. The van der Waals surface area contributed by atoms with Crippen molar-refractivity contribution in [1.82, 2.24) is 10.2 Å². The van der Waals surface area contributed by atoms with Gasteiger partial charge in [0, 0.05) is 6.54 Å². The normalized spacial score (nSPS) is 24.6. The molecule has 0 aliphatic carbocycles. The van der Waals surface area contributed by atoms with E-state index in [0.29, 0.717) is 5.92 Å². The van der Waals surface area contributed by atoms with Crippen molar-refractivity contribution in [3.8, 4) is 5.75 Å². The van der Waals surface area contributed by atoms with Gasteiger partial charge in [-0.15, -0.1) is 0 Å². The predicted molar refractivity (Wildman–Crippen MR) is 78.0 cm³/mol. The first-order chi connectivity index (χ1) is 9.78. The topological polar surface area (TPSA) is 41.6 Å². The van der Waals surface area contributed by atoms with Crippen molar-refractivity contribution < 1.29 is 9.53 Å². The first-order valence-electron chi connectivity index (χ1n) is 7.43. The molecule has 1 aromatic carbocycles. The maximum absolute atomic E-state index is 11.7. The van der Waals surface area contributed by atoms with Gasteiger partial charge in [-0.3, -0.25) is 9.69 Å². The summed E-state index contributed by atoms with van der Waals surface area (Å²) in [5.74, 6) is 1.74. The lowest BCUT2D eigenvalue weighted by atomic mass is 9.89. The maximum atomic E-state index is 11.7. The summed E-state index contributed by atoms with van der Waals surface area (Å²) in [7, 11) is 1.69. The molecule has 0 radical (unpaired) electrons. The fraction of sp³-hybridized carbons (Fsp3) is 0.562. The van der Waals surface area contributed by atoms with E-state index in [1.165, 1.54) is 5.56 Å². The molecule has 3 rings (SSSR count). The molecular formula is C16H22N2O2. The Morgan fingerprint density at radius 3 is 2.40 bits per heavy atom. The molecule has 0 spiro atoms. The van der Waals surface area contributed by atoms with Gasteiger partial charge in [0.25, 0.3) is 0 Å². The average Bonchev–Trinajstić information content (AvgIpc) is 2.94. The number of rotatable bonds is 3. The lowest BCUT2D eigenvalue weighted by molar-refractivity contribution is -0.124. The van der Waals surface area contributed by atoms with Gasteiger partial charge in [0.05, 0.1) is 13.2 Å². The van der Waals surface area contributed by atoms with Gasteiger partial charge < -0.3 is 10.1 Å². The Labute approximate surface area is 120 Å². The van der Waals surface area contributed by atoms with E-state index >= 15 is 0 Å². The van der Waals surface area contributed by atoms with Crippen LogP contribution in [0.3, 0.4) is 0 Å². The van der Waals surface area contributed by atoms with E-state index in [1.54, 1.807) is 7.11 Å². The molecule has 2 aliphatic rings. The number of hydrogen-bond acceptors (Lipinski definition) is 3. The minimum Gasteiger partial charge on any atom is -0.497 e. The Hall–Kier alpha value is -1.55. The zero-order valence-electron chi connectivity index (χ0n) is 12.0. The van der Waals surface area contributed by atoms with Crippen molar-refractivity contribution >= 4 is 5.91 Å². The molecule has 0 aromatic heterocycles. The maximum Gasteiger partial charge on any atom is 0.237 e. The Bertz CT molecular complexity index is 464. The molecule has 1 amide bonds. The van der Waals surface area contributed by atoms with Crippen LogP contribution in [-0.4, -0.2) is 43.6 Å². The number of ether oxygens (including phenoxy) is 1. The van der Waals surface area contributed by atoms with E-state index in [9.17, 15) is 4.79 Å². The first-order valence-corrected chi connectivity index (χ1v) is 7.43. The van der Waals surface area contributed by atoms with Crippen LogP contribution in [0.5, 0.6) is 5.75 Å². The molecule has 0 bridgehead atoms. The minimum absolute atomic E-state index is 0.117. The molecule has 1 aromatic rings. The minimum atomic E-state index is 0.117. The number of amides is 1. The SMILES string of the molecule is COc1ccc(C2CCN(C3CCNC3=O)CC2)cc1. The van der Waals surface area contributed by atoms with E-state index in [1.807, 2.05) is 12.1 Å². The summed E-state index contributed by atoms with van der Waals surface area (Å²) in [4.78, 5) is 14.1. The van der Waals surface area contributed by atoms with E-state index in [0.717, 1.165) is 44.6 Å². The standard InChI is InChI=1S/C16H22N2O2/c1-20-14-4-2-12(3-5-14)13-7-10-18(11-8-13)15-6-9-17-16(15)19/h2-5,13,15H,6-11H2,1H3,(H,17,19). The second-order valence-corrected chi connectivity index (χ2v) is 5.68. The molecule has 2 saturated heterocycles. The van der Waals surface area contributed by atoms with Crippen LogP contribution in [0.1, 0.15) is 30.7 Å². The van der Waals surface area contributed by atoms with E-state index in [4.69, 9.17) is 4.74 Å². The van der Waals surface area contributed by atoms with Crippen LogP contribution < -0.4 is 10.1 Å². The summed E-state index contributed by atoms with van der Waals surface area (Å²) in [6.07, 6.45) is 3.23. The van der Waals surface area contributed by atoms with Gasteiger partial charge in [-0.05, 0) is 56.0 Å². The zero-order chi connectivity index (χ0) is 13.9. The van der Waals surface area contributed by atoms with Crippen molar-refractivity contribution in [3.63, 3.8) is 0 Å². The second-order valence-electron chi connectivity index (χ2n) is 5.68. The fourth-order valence-corrected chi connectivity index (χ4v) is 3.35. The van der Waals surface area contributed by atoms with Crippen LogP contribution in [0.25, 0.3) is 0 Å². The molecule has 1 unspecified atom stereocenters. The Balaban J connectivity index is 1.58. The monoisotopic (exact) mass is 274 g/mol. The molecule has 1 N–H and O–H groups in total. The van der Waals surface area contributed by atoms with Gasteiger partial charge in [-0.1, -0.05) is 12.1 Å². The van der Waals surface area contributed by atoms with Crippen LogP contribution in [-0.2, 0) is 4.79 Å². The average molecular weight is 274 g/mol.